The summed E-state index contributed by atoms with van der Waals surface area (Å²) in [7, 11) is 1.76. The summed E-state index contributed by atoms with van der Waals surface area (Å²) in [4.78, 5) is 13.3. The van der Waals surface area contributed by atoms with Crippen LogP contribution in [0.5, 0.6) is 0 Å². The fourth-order valence-corrected chi connectivity index (χ4v) is 1.96. The second kappa shape index (κ2) is 8.44. The van der Waals surface area contributed by atoms with E-state index in [-0.39, 0.29) is 12.6 Å². The maximum Gasteiger partial charge on any atom is 0.332 e. The lowest BCUT2D eigenvalue weighted by Crippen LogP contribution is -2.41. The highest BCUT2D eigenvalue weighted by atomic mass is 16.6. The Kier molecular flexibility index (Phi) is 7.16. The summed E-state index contributed by atoms with van der Waals surface area (Å²) in [6.45, 7) is 5.70. The highest BCUT2D eigenvalue weighted by molar-refractivity contribution is 5.70. The van der Waals surface area contributed by atoms with Crippen LogP contribution >= 0.6 is 0 Å². The van der Waals surface area contributed by atoms with Gasteiger partial charge >= 0.3 is 5.97 Å². The van der Waals surface area contributed by atoms with E-state index in [1.54, 1.807) is 14.0 Å². The van der Waals surface area contributed by atoms with Gasteiger partial charge in [0.15, 0.2) is 0 Å². The van der Waals surface area contributed by atoms with Crippen LogP contribution < -0.4 is 0 Å². The Morgan fingerprint density at radius 2 is 2.29 bits per heavy atom. The van der Waals surface area contributed by atoms with Crippen LogP contribution in [0.3, 0.4) is 0 Å². The SMILES string of the molecule is CCOC(=O)COCCN1CCCC(OC)C1. The Balaban J connectivity index is 2.04. The Hall–Kier alpha value is -0.650. The summed E-state index contributed by atoms with van der Waals surface area (Å²) in [5, 5.41) is 0. The van der Waals surface area contributed by atoms with E-state index in [4.69, 9.17) is 14.2 Å². The lowest BCUT2D eigenvalue weighted by Gasteiger charge is -2.31. The summed E-state index contributed by atoms with van der Waals surface area (Å²) < 4.78 is 15.4. The van der Waals surface area contributed by atoms with Crippen molar-refractivity contribution < 1.29 is 19.0 Å². The largest absolute Gasteiger partial charge is 0.464 e. The number of hydrogen-bond acceptors (Lipinski definition) is 5. The molecular formula is C12H23NO4. The molecule has 1 fully saturated rings. The number of esters is 1. The molecule has 0 bridgehead atoms. The summed E-state index contributed by atoms with van der Waals surface area (Å²) in [6.07, 6.45) is 2.64. The fraction of sp³-hybridized carbons (Fsp3) is 0.917. The average molecular weight is 245 g/mol. The molecule has 1 aliphatic heterocycles. The standard InChI is InChI=1S/C12H23NO4/c1-3-17-12(14)10-16-8-7-13-6-4-5-11(9-13)15-2/h11H,3-10H2,1-2H3. The Bertz CT molecular complexity index is 223. The number of carbonyl (C=O) groups is 1. The van der Waals surface area contributed by atoms with E-state index in [1.807, 2.05) is 0 Å². The van der Waals surface area contributed by atoms with Crippen LogP contribution in [-0.2, 0) is 19.0 Å². The number of piperidine rings is 1. The van der Waals surface area contributed by atoms with Crippen LogP contribution in [0.2, 0.25) is 0 Å². The van der Waals surface area contributed by atoms with Gasteiger partial charge in [0.1, 0.15) is 6.61 Å². The van der Waals surface area contributed by atoms with E-state index in [2.05, 4.69) is 4.90 Å². The minimum Gasteiger partial charge on any atom is -0.464 e. The van der Waals surface area contributed by atoms with Crippen molar-refractivity contribution in [1.29, 1.82) is 0 Å². The third-order valence-corrected chi connectivity index (χ3v) is 2.87. The zero-order chi connectivity index (χ0) is 12.5. The first kappa shape index (κ1) is 14.4. The van der Waals surface area contributed by atoms with E-state index in [9.17, 15) is 4.79 Å². The molecule has 1 aliphatic rings. The molecule has 0 radical (unpaired) electrons. The van der Waals surface area contributed by atoms with Crippen molar-refractivity contribution in [2.24, 2.45) is 0 Å². The first-order valence-corrected chi connectivity index (χ1v) is 6.24. The lowest BCUT2D eigenvalue weighted by atomic mass is 10.1. The Morgan fingerprint density at radius 1 is 1.47 bits per heavy atom. The number of carbonyl (C=O) groups excluding carboxylic acids is 1. The monoisotopic (exact) mass is 245 g/mol. The van der Waals surface area contributed by atoms with Gasteiger partial charge in [0.2, 0.25) is 0 Å². The third-order valence-electron chi connectivity index (χ3n) is 2.87. The van der Waals surface area contributed by atoms with Crippen molar-refractivity contribution in [3.05, 3.63) is 0 Å². The van der Waals surface area contributed by atoms with Crippen molar-refractivity contribution in [3.8, 4) is 0 Å². The summed E-state index contributed by atoms with van der Waals surface area (Å²) in [5.41, 5.74) is 0. The van der Waals surface area contributed by atoms with Crippen LogP contribution in [0.15, 0.2) is 0 Å². The summed E-state index contributed by atoms with van der Waals surface area (Å²) in [5.74, 6) is -0.291. The molecule has 0 spiro atoms. The Morgan fingerprint density at radius 3 is 3.00 bits per heavy atom. The van der Waals surface area contributed by atoms with Crippen molar-refractivity contribution in [2.75, 3.05) is 46.6 Å². The van der Waals surface area contributed by atoms with Crippen LogP contribution in [-0.4, -0.2) is 63.5 Å². The predicted octanol–water partition coefficient (Wildman–Crippen LogP) is 0.677. The van der Waals surface area contributed by atoms with Gasteiger partial charge in [-0.2, -0.15) is 0 Å². The van der Waals surface area contributed by atoms with Gasteiger partial charge in [-0.3, -0.25) is 4.90 Å². The first-order valence-electron chi connectivity index (χ1n) is 6.24. The number of likely N-dealkylation sites (tertiary alicyclic amines) is 1. The van der Waals surface area contributed by atoms with Crippen molar-refractivity contribution in [1.82, 2.24) is 4.90 Å². The van der Waals surface area contributed by atoms with E-state index in [0.717, 1.165) is 32.5 Å². The molecule has 1 rings (SSSR count). The maximum absolute atomic E-state index is 11.0. The molecule has 1 heterocycles. The number of ether oxygens (including phenoxy) is 3. The minimum absolute atomic E-state index is 0.0510. The van der Waals surface area contributed by atoms with E-state index in [1.165, 1.54) is 0 Å². The zero-order valence-corrected chi connectivity index (χ0v) is 10.8. The second-order valence-corrected chi connectivity index (χ2v) is 4.16. The minimum atomic E-state index is -0.291. The quantitative estimate of drug-likeness (QED) is 0.487. The first-order chi connectivity index (χ1) is 8.26. The van der Waals surface area contributed by atoms with Crippen LogP contribution in [0, 0.1) is 0 Å². The van der Waals surface area contributed by atoms with Gasteiger partial charge in [0, 0.05) is 20.2 Å². The van der Waals surface area contributed by atoms with Gasteiger partial charge in [-0.25, -0.2) is 4.79 Å². The molecule has 0 N–H and O–H groups in total. The van der Waals surface area contributed by atoms with Gasteiger partial charge < -0.3 is 14.2 Å². The molecule has 1 atom stereocenters. The lowest BCUT2D eigenvalue weighted by molar-refractivity contribution is -0.148. The zero-order valence-electron chi connectivity index (χ0n) is 10.8. The van der Waals surface area contributed by atoms with Crippen molar-refractivity contribution >= 4 is 5.97 Å². The third kappa shape index (κ3) is 6.00. The smallest absolute Gasteiger partial charge is 0.332 e. The highest BCUT2D eigenvalue weighted by Gasteiger charge is 2.18. The molecule has 1 unspecified atom stereocenters. The summed E-state index contributed by atoms with van der Waals surface area (Å²) >= 11 is 0. The van der Waals surface area contributed by atoms with Crippen molar-refractivity contribution in [3.63, 3.8) is 0 Å². The van der Waals surface area contributed by atoms with Crippen molar-refractivity contribution in [2.45, 2.75) is 25.9 Å². The molecule has 0 aliphatic carbocycles. The molecule has 17 heavy (non-hydrogen) atoms. The van der Waals surface area contributed by atoms with Gasteiger partial charge in [-0.1, -0.05) is 0 Å². The normalized spacial score (nSPS) is 21.4. The van der Waals surface area contributed by atoms with Gasteiger partial charge in [0.05, 0.1) is 19.3 Å². The van der Waals surface area contributed by atoms with E-state index >= 15 is 0 Å². The number of rotatable bonds is 7. The molecular weight excluding hydrogens is 222 g/mol. The molecule has 5 nitrogen and oxygen atoms in total. The molecule has 0 aromatic heterocycles. The van der Waals surface area contributed by atoms with Crippen LogP contribution in [0.4, 0.5) is 0 Å². The van der Waals surface area contributed by atoms with Crippen LogP contribution in [0.25, 0.3) is 0 Å². The summed E-state index contributed by atoms with van der Waals surface area (Å²) in [6, 6.07) is 0. The number of nitrogens with zero attached hydrogens (tertiary/aromatic N) is 1. The molecule has 0 aromatic carbocycles. The molecule has 0 amide bonds. The molecule has 1 saturated heterocycles. The fourth-order valence-electron chi connectivity index (χ4n) is 1.96. The van der Waals surface area contributed by atoms with Gasteiger partial charge in [0.25, 0.3) is 0 Å². The molecule has 100 valence electrons. The van der Waals surface area contributed by atoms with E-state index in [0.29, 0.717) is 19.3 Å². The van der Waals surface area contributed by atoms with Crippen LogP contribution in [0.1, 0.15) is 19.8 Å². The topological polar surface area (TPSA) is 48.0 Å². The number of methoxy groups -OCH3 is 1. The average Bonchev–Trinajstić information content (AvgIpc) is 2.35. The van der Waals surface area contributed by atoms with Gasteiger partial charge in [-0.15, -0.1) is 0 Å². The molecule has 0 saturated carbocycles. The van der Waals surface area contributed by atoms with Gasteiger partial charge in [-0.05, 0) is 26.3 Å². The maximum atomic E-state index is 11.0. The highest BCUT2D eigenvalue weighted by Crippen LogP contribution is 2.11. The second-order valence-electron chi connectivity index (χ2n) is 4.16. The van der Waals surface area contributed by atoms with E-state index < -0.39 is 0 Å². The number of hydrogen-bond donors (Lipinski definition) is 0. The molecule has 0 aromatic rings. The predicted molar refractivity (Wildman–Crippen MR) is 63.9 cm³/mol. The Labute approximate surface area is 103 Å². The molecule has 5 heteroatoms.